The van der Waals surface area contributed by atoms with Crippen LogP contribution in [0, 0.1) is 5.82 Å². The van der Waals surface area contributed by atoms with Crippen molar-refractivity contribution in [3.8, 4) is 0 Å². The lowest BCUT2D eigenvalue weighted by Crippen LogP contribution is -2.41. The Labute approximate surface area is 155 Å². The van der Waals surface area contributed by atoms with Gasteiger partial charge in [0, 0.05) is 12.2 Å². The molecule has 0 bridgehead atoms. The van der Waals surface area contributed by atoms with Crippen LogP contribution in [0.3, 0.4) is 0 Å². The van der Waals surface area contributed by atoms with Crippen LogP contribution in [0.25, 0.3) is 0 Å². The van der Waals surface area contributed by atoms with Gasteiger partial charge in [-0.25, -0.2) is 4.39 Å². The van der Waals surface area contributed by atoms with Crippen molar-refractivity contribution in [2.75, 3.05) is 18.0 Å². The van der Waals surface area contributed by atoms with Gasteiger partial charge < -0.3 is 15.0 Å². The second-order valence-electron chi connectivity index (χ2n) is 6.16. The number of fused-ring (bicyclic) bond motifs is 1. The second kappa shape index (κ2) is 7.99. The number of carbonyl (C=O) groups excluding carboxylic acids is 3. The molecule has 0 spiro atoms. The number of hydrogen-bond donors (Lipinski definition) is 1. The molecule has 6 nitrogen and oxygen atoms in total. The second-order valence-corrected chi connectivity index (χ2v) is 6.16. The number of nitrogens with zero attached hydrogens (tertiary/aromatic N) is 1. The van der Waals surface area contributed by atoms with E-state index in [1.54, 1.807) is 4.90 Å². The number of nitrogens with one attached hydrogen (secondary N) is 1. The van der Waals surface area contributed by atoms with E-state index >= 15 is 0 Å². The normalized spacial score (nSPS) is 13.6. The fourth-order valence-electron chi connectivity index (χ4n) is 2.97. The van der Waals surface area contributed by atoms with E-state index in [-0.39, 0.29) is 11.5 Å². The lowest BCUT2D eigenvalue weighted by Gasteiger charge is -2.21. The lowest BCUT2D eigenvalue weighted by atomic mass is 10.2. The van der Waals surface area contributed by atoms with Crippen LogP contribution >= 0.6 is 0 Å². The Kier molecular flexibility index (Phi) is 5.49. The summed E-state index contributed by atoms with van der Waals surface area (Å²) in [7, 11) is 0. The summed E-state index contributed by atoms with van der Waals surface area (Å²) in [6, 6.07) is 13.0. The molecule has 1 aliphatic rings. The molecule has 0 saturated heterocycles. The van der Waals surface area contributed by atoms with Crippen LogP contribution in [-0.4, -0.2) is 37.0 Å². The van der Waals surface area contributed by atoms with E-state index in [1.807, 2.05) is 24.3 Å². The number of halogens is 1. The lowest BCUT2D eigenvalue weighted by molar-refractivity contribution is -0.152. The van der Waals surface area contributed by atoms with Crippen molar-refractivity contribution in [1.82, 2.24) is 5.32 Å². The molecule has 7 heteroatoms. The maximum atomic E-state index is 13.5. The first-order valence-electron chi connectivity index (χ1n) is 8.59. The van der Waals surface area contributed by atoms with Crippen molar-refractivity contribution < 1.29 is 23.5 Å². The predicted octanol–water partition coefficient (Wildman–Crippen LogP) is 2.08. The topological polar surface area (TPSA) is 75.7 Å². The van der Waals surface area contributed by atoms with Crippen molar-refractivity contribution in [2.45, 2.75) is 19.4 Å². The quantitative estimate of drug-likeness (QED) is 0.818. The fourth-order valence-corrected chi connectivity index (χ4v) is 2.97. The number of esters is 1. The van der Waals surface area contributed by atoms with E-state index < -0.39 is 30.3 Å². The number of benzene rings is 2. The third-order valence-corrected chi connectivity index (χ3v) is 4.32. The monoisotopic (exact) mass is 370 g/mol. The van der Waals surface area contributed by atoms with Crippen LogP contribution in [0.4, 0.5) is 10.1 Å². The fraction of sp³-hybridized carbons (Fsp3) is 0.250. The Bertz CT molecular complexity index is 884. The highest BCUT2D eigenvalue weighted by Gasteiger charge is 2.29. The van der Waals surface area contributed by atoms with E-state index in [0.717, 1.165) is 23.7 Å². The molecule has 140 valence electrons. The zero-order valence-corrected chi connectivity index (χ0v) is 14.8. The Morgan fingerprint density at radius 3 is 2.63 bits per heavy atom. The Balaban J connectivity index is 1.53. The summed E-state index contributed by atoms with van der Waals surface area (Å²) in [5.41, 5.74) is 1.72. The Morgan fingerprint density at radius 1 is 1.15 bits per heavy atom. The molecular weight excluding hydrogens is 351 g/mol. The Morgan fingerprint density at radius 2 is 1.85 bits per heavy atom. The third-order valence-electron chi connectivity index (χ3n) is 4.32. The molecular formula is C20H19FN2O4. The average Bonchev–Trinajstić information content (AvgIpc) is 3.10. The van der Waals surface area contributed by atoms with Gasteiger partial charge in [-0.15, -0.1) is 0 Å². The van der Waals surface area contributed by atoms with Crippen LogP contribution in [0.2, 0.25) is 0 Å². The Hall–Kier alpha value is -3.22. The largest absolute Gasteiger partial charge is 0.451 e. The average molecular weight is 370 g/mol. The van der Waals surface area contributed by atoms with Crippen molar-refractivity contribution in [3.05, 3.63) is 65.5 Å². The maximum Gasteiger partial charge on any atom is 0.326 e. The first kappa shape index (κ1) is 18.6. The molecule has 1 heterocycles. The SMILES string of the molecule is CC(OC(=O)CNC(=O)c1ccccc1F)C(=O)N1CCc2ccccc21. The number of ether oxygens (including phenoxy) is 1. The minimum Gasteiger partial charge on any atom is -0.451 e. The molecule has 0 saturated carbocycles. The van der Waals surface area contributed by atoms with Crippen LogP contribution in [0.5, 0.6) is 0 Å². The van der Waals surface area contributed by atoms with E-state index in [1.165, 1.54) is 25.1 Å². The van der Waals surface area contributed by atoms with Crippen LogP contribution in [0.1, 0.15) is 22.8 Å². The molecule has 2 aromatic rings. The highest BCUT2D eigenvalue weighted by molar-refractivity contribution is 5.99. The summed E-state index contributed by atoms with van der Waals surface area (Å²) < 4.78 is 18.7. The molecule has 1 N–H and O–H groups in total. The number of carbonyl (C=O) groups is 3. The summed E-state index contributed by atoms with van der Waals surface area (Å²) >= 11 is 0. The smallest absolute Gasteiger partial charge is 0.326 e. The minimum absolute atomic E-state index is 0.164. The van der Waals surface area contributed by atoms with Crippen LogP contribution < -0.4 is 10.2 Å². The van der Waals surface area contributed by atoms with E-state index in [2.05, 4.69) is 5.32 Å². The number of rotatable bonds is 5. The molecule has 0 radical (unpaired) electrons. The van der Waals surface area contributed by atoms with E-state index in [4.69, 9.17) is 4.74 Å². The molecule has 1 aliphatic heterocycles. The molecule has 0 fully saturated rings. The van der Waals surface area contributed by atoms with Gasteiger partial charge in [-0.1, -0.05) is 30.3 Å². The molecule has 0 aliphatic carbocycles. The van der Waals surface area contributed by atoms with Crippen molar-refractivity contribution >= 4 is 23.5 Å². The highest BCUT2D eigenvalue weighted by atomic mass is 19.1. The summed E-state index contributed by atoms with van der Waals surface area (Å²) in [5.74, 6) is -2.50. The van der Waals surface area contributed by atoms with Gasteiger partial charge in [0.05, 0.1) is 5.56 Å². The van der Waals surface area contributed by atoms with E-state index in [9.17, 15) is 18.8 Å². The van der Waals surface area contributed by atoms with Crippen molar-refractivity contribution in [2.24, 2.45) is 0 Å². The molecule has 27 heavy (non-hydrogen) atoms. The number of amides is 2. The number of anilines is 1. The zero-order chi connectivity index (χ0) is 19.4. The van der Waals surface area contributed by atoms with Gasteiger partial charge in [-0.2, -0.15) is 0 Å². The summed E-state index contributed by atoms with van der Waals surface area (Å²) in [6.07, 6.45) is -0.240. The predicted molar refractivity (Wildman–Crippen MR) is 96.8 cm³/mol. The maximum absolute atomic E-state index is 13.5. The molecule has 2 aromatic carbocycles. The third kappa shape index (κ3) is 4.13. The van der Waals surface area contributed by atoms with Gasteiger partial charge in [0.25, 0.3) is 11.8 Å². The summed E-state index contributed by atoms with van der Waals surface area (Å²) in [5, 5.41) is 2.29. The van der Waals surface area contributed by atoms with Gasteiger partial charge in [0.1, 0.15) is 12.4 Å². The molecule has 0 aromatic heterocycles. The minimum atomic E-state index is -0.992. The standard InChI is InChI=1S/C20H19FN2O4/c1-13(20(26)23-11-10-14-6-2-5-9-17(14)23)27-18(24)12-22-19(25)15-7-3-4-8-16(15)21/h2-9,13H,10-12H2,1H3,(H,22,25). The first-order valence-corrected chi connectivity index (χ1v) is 8.59. The molecule has 3 rings (SSSR count). The number of hydrogen-bond acceptors (Lipinski definition) is 4. The van der Waals surface area contributed by atoms with Crippen molar-refractivity contribution in [1.29, 1.82) is 0 Å². The van der Waals surface area contributed by atoms with Gasteiger partial charge in [-0.05, 0) is 37.1 Å². The molecule has 1 atom stereocenters. The molecule has 2 amide bonds. The molecule has 1 unspecified atom stereocenters. The van der Waals surface area contributed by atoms with Crippen molar-refractivity contribution in [3.63, 3.8) is 0 Å². The number of para-hydroxylation sites is 1. The highest BCUT2D eigenvalue weighted by Crippen LogP contribution is 2.28. The van der Waals surface area contributed by atoms with Crippen LogP contribution in [0.15, 0.2) is 48.5 Å². The first-order chi connectivity index (χ1) is 13.0. The zero-order valence-electron chi connectivity index (χ0n) is 14.8. The van der Waals surface area contributed by atoms with Gasteiger partial charge in [0.15, 0.2) is 6.10 Å². The van der Waals surface area contributed by atoms with Gasteiger partial charge in [-0.3, -0.25) is 14.4 Å². The van der Waals surface area contributed by atoms with E-state index in [0.29, 0.717) is 6.54 Å². The van der Waals surface area contributed by atoms with Crippen LogP contribution in [-0.2, 0) is 20.7 Å². The van der Waals surface area contributed by atoms with Gasteiger partial charge in [0.2, 0.25) is 0 Å². The van der Waals surface area contributed by atoms with Gasteiger partial charge >= 0.3 is 5.97 Å². The summed E-state index contributed by atoms with van der Waals surface area (Å²) in [6.45, 7) is 1.56. The summed E-state index contributed by atoms with van der Waals surface area (Å²) in [4.78, 5) is 38.0.